The van der Waals surface area contributed by atoms with E-state index in [2.05, 4.69) is 37.2 Å². The average molecular weight is 277 g/mol. The summed E-state index contributed by atoms with van der Waals surface area (Å²) in [5.74, 6) is 0.472. The van der Waals surface area contributed by atoms with Gasteiger partial charge >= 0.3 is 0 Å². The standard InChI is InChI=1S/C11H9BrN4/c12-9-10(15-16-11(9)13)7-5-14-8-4-2-1-3-6(7)8/h1-5,14H,(H3,13,15,16). The van der Waals surface area contributed by atoms with E-state index in [0.717, 1.165) is 26.6 Å². The number of aromatic nitrogens is 3. The minimum Gasteiger partial charge on any atom is -0.381 e. The lowest BCUT2D eigenvalue weighted by Crippen LogP contribution is -1.83. The first-order chi connectivity index (χ1) is 7.77. The van der Waals surface area contributed by atoms with Gasteiger partial charge in [0.1, 0.15) is 0 Å². The van der Waals surface area contributed by atoms with Crippen molar-refractivity contribution in [3.63, 3.8) is 0 Å². The zero-order chi connectivity index (χ0) is 11.1. The summed E-state index contributed by atoms with van der Waals surface area (Å²) in [6, 6.07) is 8.10. The van der Waals surface area contributed by atoms with Crippen LogP contribution in [0.4, 0.5) is 5.82 Å². The highest BCUT2D eigenvalue weighted by molar-refractivity contribution is 9.10. The lowest BCUT2D eigenvalue weighted by Gasteiger charge is -1.96. The highest BCUT2D eigenvalue weighted by Crippen LogP contribution is 2.34. The molecule has 3 rings (SSSR count). The monoisotopic (exact) mass is 276 g/mol. The van der Waals surface area contributed by atoms with E-state index in [1.165, 1.54) is 0 Å². The van der Waals surface area contributed by atoms with E-state index in [0.29, 0.717) is 5.82 Å². The molecule has 0 unspecified atom stereocenters. The fraction of sp³-hybridized carbons (Fsp3) is 0. The third-order valence-corrected chi connectivity index (χ3v) is 3.39. The van der Waals surface area contributed by atoms with Gasteiger partial charge in [-0.05, 0) is 22.0 Å². The summed E-state index contributed by atoms with van der Waals surface area (Å²) in [5.41, 5.74) is 8.75. The molecule has 2 aromatic heterocycles. The number of anilines is 1. The van der Waals surface area contributed by atoms with E-state index < -0.39 is 0 Å². The molecule has 0 atom stereocenters. The van der Waals surface area contributed by atoms with Gasteiger partial charge in [-0.1, -0.05) is 18.2 Å². The molecule has 5 heteroatoms. The Balaban J connectivity index is 2.30. The molecule has 0 aliphatic rings. The number of aromatic amines is 2. The number of nitrogen functional groups attached to an aromatic ring is 1. The molecule has 0 radical (unpaired) electrons. The van der Waals surface area contributed by atoms with Gasteiger partial charge in [-0.3, -0.25) is 5.10 Å². The summed E-state index contributed by atoms with van der Waals surface area (Å²) < 4.78 is 0.803. The SMILES string of the molecule is Nc1n[nH]c(-c2c[nH]c3ccccc23)c1Br. The predicted molar refractivity (Wildman–Crippen MR) is 68.0 cm³/mol. The third-order valence-electron chi connectivity index (χ3n) is 2.59. The molecule has 1 aromatic carbocycles. The van der Waals surface area contributed by atoms with Gasteiger partial charge in [0.15, 0.2) is 5.82 Å². The maximum Gasteiger partial charge on any atom is 0.160 e. The van der Waals surface area contributed by atoms with Crippen molar-refractivity contribution in [1.82, 2.24) is 15.2 Å². The molecular formula is C11H9BrN4. The van der Waals surface area contributed by atoms with E-state index >= 15 is 0 Å². The summed E-state index contributed by atoms with van der Waals surface area (Å²) in [5, 5.41) is 8.04. The second kappa shape index (κ2) is 3.38. The fourth-order valence-electron chi connectivity index (χ4n) is 1.80. The predicted octanol–water partition coefficient (Wildman–Crippen LogP) is 2.90. The van der Waals surface area contributed by atoms with Crippen molar-refractivity contribution in [3.8, 4) is 11.3 Å². The molecule has 80 valence electrons. The Morgan fingerprint density at radius 2 is 2.06 bits per heavy atom. The summed E-state index contributed by atoms with van der Waals surface area (Å²) >= 11 is 3.42. The van der Waals surface area contributed by atoms with Crippen LogP contribution in [-0.4, -0.2) is 15.2 Å². The van der Waals surface area contributed by atoms with Gasteiger partial charge in [-0.15, -0.1) is 0 Å². The van der Waals surface area contributed by atoms with Gasteiger partial charge in [0.2, 0.25) is 0 Å². The van der Waals surface area contributed by atoms with Crippen LogP contribution in [-0.2, 0) is 0 Å². The van der Waals surface area contributed by atoms with Gasteiger partial charge in [0.05, 0.1) is 10.2 Å². The van der Waals surface area contributed by atoms with Gasteiger partial charge in [0, 0.05) is 22.7 Å². The first-order valence-corrected chi connectivity index (χ1v) is 5.62. The Morgan fingerprint density at radius 1 is 1.25 bits per heavy atom. The summed E-state index contributed by atoms with van der Waals surface area (Å²) in [6.45, 7) is 0. The molecule has 4 nitrogen and oxygen atoms in total. The zero-order valence-electron chi connectivity index (χ0n) is 8.29. The van der Waals surface area contributed by atoms with E-state index in [4.69, 9.17) is 5.73 Å². The number of hydrogen-bond donors (Lipinski definition) is 3. The highest BCUT2D eigenvalue weighted by Gasteiger charge is 2.13. The molecule has 4 N–H and O–H groups in total. The van der Waals surface area contributed by atoms with Crippen LogP contribution in [0.2, 0.25) is 0 Å². The molecule has 0 aliphatic heterocycles. The highest BCUT2D eigenvalue weighted by atomic mass is 79.9. The normalized spacial score (nSPS) is 11.1. The molecule has 0 saturated carbocycles. The molecule has 0 bridgehead atoms. The number of para-hydroxylation sites is 1. The Bertz CT molecular complexity index is 653. The topological polar surface area (TPSA) is 70.5 Å². The number of H-pyrrole nitrogens is 2. The second-order valence-corrected chi connectivity index (χ2v) is 4.34. The van der Waals surface area contributed by atoms with Crippen LogP contribution in [0.15, 0.2) is 34.9 Å². The third kappa shape index (κ3) is 1.25. The summed E-state index contributed by atoms with van der Waals surface area (Å²) in [4.78, 5) is 3.21. The van der Waals surface area contributed by atoms with Crippen LogP contribution in [0.1, 0.15) is 0 Å². The zero-order valence-corrected chi connectivity index (χ0v) is 9.88. The number of rotatable bonds is 1. The number of hydrogen-bond acceptors (Lipinski definition) is 2. The lowest BCUT2D eigenvalue weighted by atomic mass is 10.1. The minimum absolute atomic E-state index is 0.472. The van der Waals surface area contributed by atoms with Crippen molar-refractivity contribution >= 4 is 32.7 Å². The average Bonchev–Trinajstić information content (AvgIpc) is 2.85. The van der Waals surface area contributed by atoms with Crippen molar-refractivity contribution in [2.75, 3.05) is 5.73 Å². The largest absolute Gasteiger partial charge is 0.381 e. The van der Waals surface area contributed by atoms with Crippen molar-refractivity contribution in [2.24, 2.45) is 0 Å². The molecule has 3 aromatic rings. The Hall–Kier alpha value is -1.75. The van der Waals surface area contributed by atoms with Gasteiger partial charge < -0.3 is 10.7 Å². The van der Waals surface area contributed by atoms with Crippen LogP contribution in [0.5, 0.6) is 0 Å². The van der Waals surface area contributed by atoms with E-state index in [1.807, 2.05) is 24.4 Å². The maximum atomic E-state index is 5.69. The van der Waals surface area contributed by atoms with Crippen molar-refractivity contribution in [2.45, 2.75) is 0 Å². The quantitative estimate of drug-likeness (QED) is 0.640. The fourth-order valence-corrected chi connectivity index (χ4v) is 2.19. The van der Waals surface area contributed by atoms with E-state index in [9.17, 15) is 0 Å². The van der Waals surface area contributed by atoms with Crippen LogP contribution in [0.25, 0.3) is 22.2 Å². The first kappa shape index (κ1) is 9.47. The second-order valence-electron chi connectivity index (χ2n) is 3.55. The molecule has 0 amide bonds. The number of halogens is 1. The number of nitrogens with two attached hydrogens (primary N) is 1. The van der Waals surface area contributed by atoms with E-state index in [-0.39, 0.29) is 0 Å². The Morgan fingerprint density at radius 3 is 2.81 bits per heavy atom. The molecule has 0 saturated heterocycles. The van der Waals surface area contributed by atoms with Gasteiger partial charge in [0.25, 0.3) is 0 Å². The molecule has 2 heterocycles. The first-order valence-electron chi connectivity index (χ1n) is 4.83. The minimum atomic E-state index is 0.472. The molecule has 0 aliphatic carbocycles. The van der Waals surface area contributed by atoms with Crippen molar-refractivity contribution in [1.29, 1.82) is 0 Å². The van der Waals surface area contributed by atoms with Crippen LogP contribution in [0.3, 0.4) is 0 Å². The van der Waals surface area contributed by atoms with Crippen molar-refractivity contribution in [3.05, 3.63) is 34.9 Å². The lowest BCUT2D eigenvalue weighted by molar-refractivity contribution is 1.10. The molecule has 0 fully saturated rings. The molecule has 16 heavy (non-hydrogen) atoms. The van der Waals surface area contributed by atoms with Crippen molar-refractivity contribution < 1.29 is 0 Å². The van der Waals surface area contributed by atoms with Crippen LogP contribution in [0, 0.1) is 0 Å². The van der Waals surface area contributed by atoms with Crippen LogP contribution >= 0.6 is 15.9 Å². The number of fused-ring (bicyclic) bond motifs is 1. The summed E-state index contributed by atoms with van der Waals surface area (Å²) in [6.07, 6.45) is 1.95. The maximum absolute atomic E-state index is 5.69. The Labute approximate surface area is 100.0 Å². The van der Waals surface area contributed by atoms with Gasteiger partial charge in [-0.2, -0.15) is 5.10 Å². The number of benzene rings is 1. The Kier molecular flexibility index (Phi) is 2.00. The van der Waals surface area contributed by atoms with E-state index in [1.54, 1.807) is 0 Å². The van der Waals surface area contributed by atoms with Crippen LogP contribution < -0.4 is 5.73 Å². The smallest absolute Gasteiger partial charge is 0.160 e. The molecular weight excluding hydrogens is 268 g/mol. The summed E-state index contributed by atoms with van der Waals surface area (Å²) in [7, 11) is 0. The van der Waals surface area contributed by atoms with Gasteiger partial charge in [-0.25, -0.2) is 0 Å². The number of nitrogens with zero attached hydrogens (tertiary/aromatic N) is 1. The number of nitrogens with one attached hydrogen (secondary N) is 2. The molecule has 0 spiro atoms.